The van der Waals surface area contributed by atoms with Crippen molar-refractivity contribution in [1.29, 1.82) is 0 Å². The third-order valence-electron chi connectivity index (χ3n) is 0.972. The normalized spacial score (nSPS) is 9.45. The number of nitrogens with two attached hydrogens (primary N) is 1. The molecule has 0 fully saturated rings. The van der Waals surface area contributed by atoms with E-state index in [4.69, 9.17) is 5.73 Å². The number of rotatable bonds is 3. The zero-order valence-corrected chi connectivity index (χ0v) is 5.65. The molecule has 0 aliphatic carbocycles. The molecule has 7 nitrogen and oxygen atoms in total. The van der Waals surface area contributed by atoms with Gasteiger partial charge in [-0.25, -0.2) is 9.89 Å². The van der Waals surface area contributed by atoms with E-state index in [1.807, 2.05) is 0 Å². The number of hydrogen-bond donors (Lipinski definition) is 2. The number of aromatic nitrogens is 4. The predicted octanol–water partition coefficient (Wildman–Crippen LogP) is -1.16. The van der Waals surface area contributed by atoms with Gasteiger partial charge < -0.3 is 10.5 Å². The van der Waals surface area contributed by atoms with E-state index >= 15 is 0 Å². The molecule has 0 aromatic carbocycles. The molecule has 0 saturated heterocycles. The molecule has 60 valence electrons. The Morgan fingerprint density at radius 2 is 2.55 bits per heavy atom. The fraction of sp³-hybridized carbons (Fsp3) is 0.500. The molecule has 1 aromatic heterocycles. The molecule has 1 aromatic rings. The Kier molecular flexibility index (Phi) is 2.37. The number of carbonyl (C=O) groups excluding carboxylic acids is 1. The standard InChI is InChI=1S/C4H7N5O2/c5-4(10)11-2-1-3-6-8-9-7-3/h1-2H2,(H2,5,10)(H,6,7,8,9). The molecule has 3 N–H and O–H groups in total. The summed E-state index contributed by atoms with van der Waals surface area (Å²) in [5, 5.41) is 12.7. The maximum absolute atomic E-state index is 10.1. The average Bonchev–Trinajstić information content (AvgIpc) is 2.39. The Labute approximate surface area is 61.9 Å². The number of ether oxygens (including phenoxy) is 1. The molecule has 1 amide bonds. The van der Waals surface area contributed by atoms with Crippen LogP contribution in [-0.4, -0.2) is 33.3 Å². The lowest BCUT2D eigenvalue weighted by molar-refractivity contribution is 0.157. The number of amides is 1. The highest BCUT2D eigenvalue weighted by Gasteiger charge is 1.98. The maximum atomic E-state index is 10.1. The lowest BCUT2D eigenvalue weighted by Gasteiger charge is -1.96. The Balaban J connectivity index is 2.19. The number of carbonyl (C=O) groups is 1. The van der Waals surface area contributed by atoms with Gasteiger partial charge in [-0.2, -0.15) is 0 Å². The quantitative estimate of drug-likeness (QED) is 0.575. The maximum Gasteiger partial charge on any atom is 0.404 e. The van der Waals surface area contributed by atoms with Gasteiger partial charge in [0, 0.05) is 6.42 Å². The van der Waals surface area contributed by atoms with Crippen LogP contribution < -0.4 is 5.73 Å². The molecule has 0 aliphatic heterocycles. The van der Waals surface area contributed by atoms with Crippen LogP contribution in [0, 0.1) is 0 Å². The third kappa shape index (κ3) is 2.61. The molecule has 1 rings (SSSR count). The van der Waals surface area contributed by atoms with Gasteiger partial charge >= 0.3 is 6.09 Å². The second-order valence-corrected chi connectivity index (χ2v) is 1.77. The summed E-state index contributed by atoms with van der Waals surface area (Å²) >= 11 is 0. The Bertz CT molecular complexity index is 220. The Hall–Kier alpha value is -1.66. The van der Waals surface area contributed by atoms with Crippen molar-refractivity contribution in [2.45, 2.75) is 6.42 Å². The monoisotopic (exact) mass is 157 g/mol. The van der Waals surface area contributed by atoms with Gasteiger partial charge in [0.1, 0.15) is 6.61 Å². The summed E-state index contributed by atoms with van der Waals surface area (Å²) < 4.78 is 4.44. The summed E-state index contributed by atoms with van der Waals surface area (Å²) in [6.45, 7) is 0.187. The van der Waals surface area contributed by atoms with E-state index in [1.165, 1.54) is 0 Å². The zero-order valence-electron chi connectivity index (χ0n) is 5.65. The average molecular weight is 157 g/mol. The first-order valence-corrected chi connectivity index (χ1v) is 2.94. The minimum absolute atomic E-state index is 0.187. The molecule has 0 spiro atoms. The summed E-state index contributed by atoms with van der Waals surface area (Å²) in [5.74, 6) is 0.561. The van der Waals surface area contributed by atoms with E-state index in [0.717, 1.165) is 0 Å². The fourth-order valence-corrected chi connectivity index (χ4v) is 0.533. The number of primary amides is 1. The van der Waals surface area contributed by atoms with Crippen molar-refractivity contribution < 1.29 is 9.53 Å². The molecule has 1 heterocycles. The van der Waals surface area contributed by atoms with Crippen molar-refractivity contribution >= 4 is 6.09 Å². The number of nitrogens with zero attached hydrogens (tertiary/aromatic N) is 3. The fourth-order valence-electron chi connectivity index (χ4n) is 0.533. The topological polar surface area (TPSA) is 107 Å². The molecular formula is C4H7N5O2. The second-order valence-electron chi connectivity index (χ2n) is 1.77. The van der Waals surface area contributed by atoms with Crippen LogP contribution in [0.2, 0.25) is 0 Å². The third-order valence-corrected chi connectivity index (χ3v) is 0.972. The largest absolute Gasteiger partial charge is 0.449 e. The highest BCUT2D eigenvalue weighted by Crippen LogP contribution is 1.86. The highest BCUT2D eigenvalue weighted by molar-refractivity contribution is 5.64. The number of nitrogens with one attached hydrogen (secondary N) is 1. The van der Waals surface area contributed by atoms with E-state index in [9.17, 15) is 4.79 Å². The first-order valence-electron chi connectivity index (χ1n) is 2.94. The SMILES string of the molecule is NC(=O)OCCc1nnn[nH]1. The van der Waals surface area contributed by atoms with E-state index in [-0.39, 0.29) is 6.61 Å². The summed E-state index contributed by atoms with van der Waals surface area (Å²) in [5.41, 5.74) is 4.71. The molecular weight excluding hydrogens is 150 g/mol. The number of tetrazole rings is 1. The summed E-state index contributed by atoms with van der Waals surface area (Å²) in [7, 11) is 0. The molecule has 0 aliphatic rings. The molecule has 11 heavy (non-hydrogen) atoms. The second kappa shape index (κ2) is 3.49. The molecule has 7 heteroatoms. The minimum Gasteiger partial charge on any atom is -0.449 e. The van der Waals surface area contributed by atoms with Gasteiger partial charge in [0.05, 0.1) is 0 Å². The van der Waals surface area contributed by atoms with Gasteiger partial charge in [0.2, 0.25) is 0 Å². The van der Waals surface area contributed by atoms with Crippen LogP contribution in [0.15, 0.2) is 0 Å². The van der Waals surface area contributed by atoms with Crippen LogP contribution in [0.1, 0.15) is 5.82 Å². The van der Waals surface area contributed by atoms with Crippen molar-refractivity contribution in [3.05, 3.63) is 5.82 Å². The van der Waals surface area contributed by atoms with Gasteiger partial charge in [0.25, 0.3) is 0 Å². The van der Waals surface area contributed by atoms with Crippen LogP contribution in [0.4, 0.5) is 4.79 Å². The number of H-pyrrole nitrogens is 1. The molecule has 0 atom stereocenters. The van der Waals surface area contributed by atoms with Crippen molar-refractivity contribution in [1.82, 2.24) is 20.6 Å². The first kappa shape index (κ1) is 7.45. The van der Waals surface area contributed by atoms with Gasteiger partial charge in [-0.3, -0.25) is 0 Å². The van der Waals surface area contributed by atoms with Crippen molar-refractivity contribution in [3.63, 3.8) is 0 Å². The van der Waals surface area contributed by atoms with Crippen molar-refractivity contribution in [2.24, 2.45) is 5.73 Å². The van der Waals surface area contributed by atoms with Crippen LogP contribution >= 0.6 is 0 Å². The van der Waals surface area contributed by atoms with Crippen molar-refractivity contribution in [3.8, 4) is 0 Å². The lowest BCUT2D eigenvalue weighted by Crippen LogP contribution is -2.15. The van der Waals surface area contributed by atoms with E-state index < -0.39 is 6.09 Å². The van der Waals surface area contributed by atoms with Gasteiger partial charge in [-0.1, -0.05) is 0 Å². The first-order chi connectivity index (χ1) is 5.29. The highest BCUT2D eigenvalue weighted by atomic mass is 16.5. The molecule has 0 bridgehead atoms. The van der Waals surface area contributed by atoms with E-state index in [0.29, 0.717) is 12.2 Å². The van der Waals surface area contributed by atoms with Crippen LogP contribution in [0.3, 0.4) is 0 Å². The van der Waals surface area contributed by atoms with Crippen LogP contribution in [0.25, 0.3) is 0 Å². The smallest absolute Gasteiger partial charge is 0.404 e. The Morgan fingerprint density at radius 1 is 1.73 bits per heavy atom. The van der Waals surface area contributed by atoms with Crippen LogP contribution in [0.5, 0.6) is 0 Å². The van der Waals surface area contributed by atoms with E-state index in [2.05, 4.69) is 25.4 Å². The van der Waals surface area contributed by atoms with Gasteiger partial charge in [0.15, 0.2) is 5.82 Å². The van der Waals surface area contributed by atoms with Gasteiger partial charge in [-0.05, 0) is 10.4 Å². The summed E-state index contributed by atoms with van der Waals surface area (Å²) in [6, 6.07) is 0. The zero-order chi connectivity index (χ0) is 8.10. The summed E-state index contributed by atoms with van der Waals surface area (Å²) in [4.78, 5) is 10.1. The molecule has 0 radical (unpaired) electrons. The number of aromatic amines is 1. The van der Waals surface area contributed by atoms with Crippen molar-refractivity contribution in [2.75, 3.05) is 6.61 Å². The predicted molar refractivity (Wildman–Crippen MR) is 33.4 cm³/mol. The minimum atomic E-state index is -0.794. The van der Waals surface area contributed by atoms with Gasteiger partial charge in [-0.15, -0.1) is 5.10 Å². The molecule has 0 unspecified atom stereocenters. The van der Waals surface area contributed by atoms with Crippen LogP contribution in [-0.2, 0) is 11.2 Å². The Morgan fingerprint density at radius 3 is 3.09 bits per heavy atom. The summed E-state index contributed by atoms with van der Waals surface area (Å²) in [6.07, 6.45) is -0.354. The molecule has 0 saturated carbocycles. The number of hydrogen-bond acceptors (Lipinski definition) is 5. The van der Waals surface area contributed by atoms with E-state index in [1.54, 1.807) is 0 Å². The lowest BCUT2D eigenvalue weighted by atomic mass is 10.4.